The number of carbonyl (C=O) groups excluding carboxylic acids is 1. The van der Waals surface area contributed by atoms with Crippen molar-refractivity contribution in [1.29, 1.82) is 0 Å². The molecule has 1 saturated heterocycles. The average molecular weight is 333 g/mol. The van der Waals surface area contributed by atoms with Crippen molar-refractivity contribution in [2.45, 2.75) is 71.9 Å². The fourth-order valence-electron chi connectivity index (χ4n) is 3.29. The summed E-state index contributed by atoms with van der Waals surface area (Å²) < 4.78 is 5.62. The Morgan fingerprint density at radius 3 is 2.42 bits per heavy atom. The standard InChI is InChI=1S/C19H31N3O2/c1-18(2,3)15-11-13(14-7-8-16(20)21-12-14)9-10-22(15)17(23)24-19(4,5)6/h7-8,12-13,15H,9-11H2,1-6H3,(H2,20,21). The second-order valence-electron chi connectivity index (χ2n) is 8.79. The van der Waals surface area contributed by atoms with Crippen LogP contribution in [0.25, 0.3) is 0 Å². The van der Waals surface area contributed by atoms with Gasteiger partial charge in [-0.25, -0.2) is 9.78 Å². The molecule has 2 atom stereocenters. The normalized spacial score (nSPS) is 22.3. The zero-order valence-electron chi connectivity index (χ0n) is 15.8. The summed E-state index contributed by atoms with van der Waals surface area (Å²) in [7, 11) is 0. The molecule has 24 heavy (non-hydrogen) atoms. The van der Waals surface area contributed by atoms with Gasteiger partial charge >= 0.3 is 6.09 Å². The average Bonchev–Trinajstić information content (AvgIpc) is 2.44. The summed E-state index contributed by atoms with van der Waals surface area (Å²) in [6, 6.07) is 4.03. The number of nitrogen functional groups attached to an aromatic ring is 1. The highest BCUT2D eigenvalue weighted by atomic mass is 16.6. The molecule has 1 aromatic rings. The maximum absolute atomic E-state index is 12.6. The minimum absolute atomic E-state index is 0.0171. The summed E-state index contributed by atoms with van der Waals surface area (Å²) in [4.78, 5) is 18.8. The van der Waals surface area contributed by atoms with Gasteiger partial charge in [0.2, 0.25) is 0 Å². The van der Waals surface area contributed by atoms with Crippen molar-refractivity contribution in [2.75, 3.05) is 12.3 Å². The van der Waals surface area contributed by atoms with Crippen LogP contribution in [0.5, 0.6) is 0 Å². The number of anilines is 1. The van der Waals surface area contributed by atoms with E-state index in [9.17, 15) is 4.79 Å². The highest BCUT2D eigenvalue weighted by Crippen LogP contribution is 2.39. The zero-order valence-corrected chi connectivity index (χ0v) is 15.8. The SMILES string of the molecule is CC(C)(C)OC(=O)N1CCC(c2ccc(N)nc2)CC1C(C)(C)C. The maximum Gasteiger partial charge on any atom is 0.410 e. The van der Waals surface area contributed by atoms with Crippen LogP contribution in [0.2, 0.25) is 0 Å². The van der Waals surface area contributed by atoms with E-state index >= 15 is 0 Å². The monoisotopic (exact) mass is 333 g/mol. The Morgan fingerprint density at radius 2 is 1.92 bits per heavy atom. The number of likely N-dealkylation sites (tertiary alicyclic amines) is 1. The van der Waals surface area contributed by atoms with Crippen LogP contribution in [0.15, 0.2) is 18.3 Å². The molecule has 2 N–H and O–H groups in total. The molecular weight excluding hydrogens is 302 g/mol. The summed E-state index contributed by atoms with van der Waals surface area (Å²) in [5.74, 6) is 0.929. The van der Waals surface area contributed by atoms with E-state index in [1.807, 2.05) is 37.9 Å². The fourth-order valence-corrected chi connectivity index (χ4v) is 3.29. The van der Waals surface area contributed by atoms with Gasteiger partial charge < -0.3 is 15.4 Å². The molecule has 0 aliphatic carbocycles. The van der Waals surface area contributed by atoms with Gasteiger partial charge in [-0.3, -0.25) is 0 Å². The van der Waals surface area contributed by atoms with Gasteiger partial charge in [0, 0.05) is 18.8 Å². The molecule has 1 aliphatic heterocycles. The van der Waals surface area contributed by atoms with E-state index in [1.54, 1.807) is 0 Å². The van der Waals surface area contributed by atoms with Gasteiger partial charge in [-0.2, -0.15) is 0 Å². The quantitative estimate of drug-likeness (QED) is 0.836. The smallest absolute Gasteiger partial charge is 0.410 e. The second-order valence-corrected chi connectivity index (χ2v) is 8.79. The van der Waals surface area contributed by atoms with Crippen molar-refractivity contribution in [1.82, 2.24) is 9.88 Å². The number of hydrogen-bond acceptors (Lipinski definition) is 4. The number of rotatable bonds is 1. The minimum Gasteiger partial charge on any atom is -0.444 e. The molecule has 134 valence electrons. The van der Waals surface area contributed by atoms with Crippen molar-refractivity contribution in [3.63, 3.8) is 0 Å². The minimum atomic E-state index is -0.475. The third-order valence-electron chi connectivity index (χ3n) is 4.51. The Balaban J connectivity index is 2.19. The Morgan fingerprint density at radius 1 is 1.25 bits per heavy atom. The first-order valence-corrected chi connectivity index (χ1v) is 8.68. The molecule has 5 nitrogen and oxygen atoms in total. The lowest BCUT2D eigenvalue weighted by atomic mass is 9.75. The van der Waals surface area contributed by atoms with Gasteiger partial charge in [-0.05, 0) is 56.6 Å². The number of ether oxygens (including phenoxy) is 1. The van der Waals surface area contributed by atoms with Crippen LogP contribution in [0, 0.1) is 5.41 Å². The molecule has 0 saturated carbocycles. The number of aromatic nitrogens is 1. The number of hydrogen-bond donors (Lipinski definition) is 1. The van der Waals surface area contributed by atoms with E-state index in [-0.39, 0.29) is 17.6 Å². The van der Waals surface area contributed by atoms with Crippen molar-refractivity contribution in [3.8, 4) is 0 Å². The molecule has 1 fully saturated rings. The molecule has 1 amide bonds. The lowest BCUT2D eigenvalue weighted by Gasteiger charge is -2.46. The van der Waals surface area contributed by atoms with Crippen molar-refractivity contribution < 1.29 is 9.53 Å². The van der Waals surface area contributed by atoms with Crippen LogP contribution in [0.1, 0.15) is 65.9 Å². The maximum atomic E-state index is 12.6. The van der Waals surface area contributed by atoms with Crippen LogP contribution in [0.4, 0.5) is 10.6 Å². The summed E-state index contributed by atoms with van der Waals surface area (Å²) in [5.41, 5.74) is 6.40. The third kappa shape index (κ3) is 4.62. The van der Waals surface area contributed by atoms with Crippen molar-refractivity contribution in [3.05, 3.63) is 23.9 Å². The Bertz CT molecular complexity index is 570. The topological polar surface area (TPSA) is 68.5 Å². The highest BCUT2D eigenvalue weighted by Gasteiger charge is 2.40. The summed E-state index contributed by atoms with van der Waals surface area (Å²) in [6.45, 7) is 13.0. The Labute approximate surface area is 145 Å². The first-order chi connectivity index (χ1) is 11.0. The largest absolute Gasteiger partial charge is 0.444 e. The number of piperidine rings is 1. The van der Waals surface area contributed by atoms with Crippen molar-refractivity contribution in [2.24, 2.45) is 5.41 Å². The lowest BCUT2D eigenvalue weighted by Crippen LogP contribution is -2.52. The van der Waals surface area contributed by atoms with Gasteiger partial charge in [0.1, 0.15) is 11.4 Å². The van der Waals surface area contributed by atoms with Crippen molar-refractivity contribution >= 4 is 11.9 Å². The predicted molar refractivity (Wildman–Crippen MR) is 96.8 cm³/mol. The van der Waals surface area contributed by atoms with E-state index in [1.165, 1.54) is 5.56 Å². The molecule has 2 unspecified atom stereocenters. The van der Waals surface area contributed by atoms with E-state index in [4.69, 9.17) is 10.5 Å². The lowest BCUT2D eigenvalue weighted by molar-refractivity contribution is -0.0101. The first kappa shape index (κ1) is 18.6. The molecule has 0 radical (unpaired) electrons. The molecule has 1 aliphatic rings. The predicted octanol–water partition coefficient (Wildman–Crippen LogP) is 4.19. The fraction of sp³-hybridized carbons (Fsp3) is 0.684. The summed E-state index contributed by atoms with van der Waals surface area (Å²) in [6.07, 6.45) is 3.48. The van der Waals surface area contributed by atoms with Gasteiger partial charge in [-0.1, -0.05) is 26.8 Å². The van der Waals surface area contributed by atoms with E-state index < -0.39 is 5.60 Å². The van der Waals surface area contributed by atoms with Gasteiger partial charge in [0.05, 0.1) is 0 Å². The molecule has 1 aromatic heterocycles. The van der Waals surface area contributed by atoms with E-state index in [0.29, 0.717) is 18.3 Å². The molecule has 0 aromatic carbocycles. The van der Waals surface area contributed by atoms with Gasteiger partial charge in [-0.15, -0.1) is 0 Å². The van der Waals surface area contributed by atoms with Crippen LogP contribution < -0.4 is 5.73 Å². The Kier molecular flexibility index (Phi) is 5.11. The molecule has 5 heteroatoms. The first-order valence-electron chi connectivity index (χ1n) is 8.68. The van der Waals surface area contributed by atoms with Gasteiger partial charge in [0.25, 0.3) is 0 Å². The molecule has 0 bridgehead atoms. The number of nitrogens with two attached hydrogens (primary N) is 1. The third-order valence-corrected chi connectivity index (χ3v) is 4.51. The highest BCUT2D eigenvalue weighted by molar-refractivity contribution is 5.69. The number of pyridine rings is 1. The van der Waals surface area contributed by atoms with E-state index in [0.717, 1.165) is 12.8 Å². The number of amides is 1. The summed E-state index contributed by atoms with van der Waals surface area (Å²) >= 11 is 0. The number of carbonyl (C=O) groups is 1. The van der Waals surface area contributed by atoms with Crippen LogP contribution in [-0.4, -0.2) is 34.2 Å². The van der Waals surface area contributed by atoms with Gasteiger partial charge in [0.15, 0.2) is 0 Å². The van der Waals surface area contributed by atoms with Crippen LogP contribution in [-0.2, 0) is 4.74 Å². The Hall–Kier alpha value is -1.78. The molecule has 2 rings (SSSR count). The second kappa shape index (κ2) is 6.61. The summed E-state index contributed by atoms with van der Waals surface area (Å²) in [5, 5.41) is 0. The molecular formula is C19H31N3O2. The zero-order chi connectivity index (χ0) is 18.1. The molecule has 2 heterocycles. The number of nitrogens with zero attached hydrogens (tertiary/aromatic N) is 2. The van der Waals surface area contributed by atoms with Crippen LogP contribution in [0.3, 0.4) is 0 Å². The molecule has 0 spiro atoms. The van der Waals surface area contributed by atoms with Crippen LogP contribution >= 0.6 is 0 Å². The van der Waals surface area contributed by atoms with E-state index in [2.05, 4.69) is 31.8 Å².